The van der Waals surface area contributed by atoms with E-state index >= 15 is 0 Å². The molecular formula is C29H34N6O5S. The van der Waals surface area contributed by atoms with E-state index in [4.69, 9.17) is 16.9 Å². The van der Waals surface area contributed by atoms with Gasteiger partial charge in [0.2, 0.25) is 27.7 Å². The summed E-state index contributed by atoms with van der Waals surface area (Å²) in [5.74, 6) is -2.13. The Balaban J connectivity index is 1.58. The van der Waals surface area contributed by atoms with Gasteiger partial charge in [-0.25, -0.2) is 8.42 Å². The van der Waals surface area contributed by atoms with Gasteiger partial charge in [-0.05, 0) is 47.7 Å². The molecule has 3 aromatic rings. The number of hydrogen-bond donors (Lipinski definition) is 5. The summed E-state index contributed by atoms with van der Waals surface area (Å²) in [5.41, 5.74) is 12.1. The fourth-order valence-corrected chi connectivity index (χ4v) is 6.07. The van der Waals surface area contributed by atoms with Crippen molar-refractivity contribution < 1.29 is 22.8 Å². The second-order valence-corrected chi connectivity index (χ2v) is 11.8. The van der Waals surface area contributed by atoms with E-state index in [9.17, 15) is 22.8 Å². The van der Waals surface area contributed by atoms with Gasteiger partial charge in [-0.3, -0.25) is 19.8 Å². The normalized spacial score (nSPS) is 15.2. The van der Waals surface area contributed by atoms with Crippen LogP contribution in [0.5, 0.6) is 0 Å². The smallest absolute Gasteiger partial charge is 0.245 e. The predicted molar refractivity (Wildman–Crippen MR) is 155 cm³/mol. The second-order valence-electron chi connectivity index (χ2n) is 10.1. The number of rotatable bonds is 11. The number of piperidine rings is 1. The molecule has 4 rings (SSSR count). The standard InChI is InChI=1S/C29H34N6O5S/c30-26(36)18-24(34-41(39,40)23-13-12-20-6-2-3-7-22(20)17-23)28(37)33-25(29(38)35-14-4-1-5-15-35)16-19-8-10-21(11-9-19)27(31)32/h2-3,6-13,17,24-25,34H,1,4-5,14-16,18H2,(H2,30,36)(H3,31,32)(H,33,37)/t24-,25+/m0/s1. The molecule has 0 unspecified atom stereocenters. The molecule has 0 aliphatic carbocycles. The Hall–Kier alpha value is -4.29. The number of nitrogen functional groups attached to an aromatic ring is 1. The number of benzene rings is 3. The number of amides is 3. The lowest BCUT2D eigenvalue weighted by Crippen LogP contribution is -2.56. The summed E-state index contributed by atoms with van der Waals surface area (Å²) in [7, 11) is -4.24. The molecule has 3 aromatic carbocycles. The van der Waals surface area contributed by atoms with E-state index in [0.717, 1.165) is 24.6 Å². The summed E-state index contributed by atoms with van der Waals surface area (Å²) in [6.45, 7) is 1.10. The van der Waals surface area contributed by atoms with Crippen molar-refractivity contribution in [3.05, 3.63) is 77.9 Å². The Morgan fingerprint density at radius 2 is 1.54 bits per heavy atom. The molecule has 216 valence electrons. The summed E-state index contributed by atoms with van der Waals surface area (Å²) in [5, 5.41) is 11.8. The third-order valence-corrected chi connectivity index (χ3v) is 8.51. The molecule has 1 saturated heterocycles. The van der Waals surface area contributed by atoms with E-state index in [0.29, 0.717) is 29.6 Å². The summed E-state index contributed by atoms with van der Waals surface area (Å²) in [6, 6.07) is 15.9. The van der Waals surface area contributed by atoms with E-state index in [1.54, 1.807) is 47.4 Å². The number of nitrogens with two attached hydrogens (primary N) is 2. The maximum Gasteiger partial charge on any atom is 0.245 e. The van der Waals surface area contributed by atoms with Crippen LogP contribution in [-0.4, -0.2) is 62.0 Å². The molecule has 41 heavy (non-hydrogen) atoms. The quantitative estimate of drug-likeness (QED) is 0.169. The van der Waals surface area contributed by atoms with Gasteiger partial charge in [-0.1, -0.05) is 54.6 Å². The Bertz CT molecular complexity index is 1550. The number of amidine groups is 1. The fraction of sp³-hybridized carbons (Fsp3) is 0.310. The monoisotopic (exact) mass is 578 g/mol. The van der Waals surface area contributed by atoms with Crippen LogP contribution in [0.15, 0.2) is 71.6 Å². The summed E-state index contributed by atoms with van der Waals surface area (Å²) < 4.78 is 28.9. The van der Waals surface area contributed by atoms with Crippen LogP contribution in [0.3, 0.4) is 0 Å². The van der Waals surface area contributed by atoms with Crippen molar-refractivity contribution >= 4 is 44.4 Å². The lowest BCUT2D eigenvalue weighted by Gasteiger charge is -2.31. The molecule has 11 nitrogen and oxygen atoms in total. The minimum absolute atomic E-state index is 0.0787. The summed E-state index contributed by atoms with van der Waals surface area (Å²) >= 11 is 0. The second kappa shape index (κ2) is 12.9. The molecule has 1 aliphatic heterocycles. The maximum atomic E-state index is 13.5. The first-order valence-corrected chi connectivity index (χ1v) is 14.8. The zero-order valence-electron chi connectivity index (χ0n) is 22.5. The molecule has 0 bridgehead atoms. The Kier molecular flexibility index (Phi) is 9.35. The number of fused-ring (bicyclic) bond motifs is 1. The van der Waals surface area contributed by atoms with Crippen LogP contribution in [0.4, 0.5) is 0 Å². The van der Waals surface area contributed by atoms with Crippen molar-refractivity contribution in [1.29, 1.82) is 5.41 Å². The van der Waals surface area contributed by atoms with E-state index in [2.05, 4.69) is 10.0 Å². The van der Waals surface area contributed by atoms with Gasteiger partial charge in [0.1, 0.15) is 17.9 Å². The van der Waals surface area contributed by atoms with Gasteiger partial charge < -0.3 is 21.7 Å². The molecule has 1 aliphatic rings. The number of carbonyl (C=O) groups excluding carboxylic acids is 3. The topological polar surface area (TPSA) is 189 Å². The van der Waals surface area contributed by atoms with Gasteiger partial charge in [-0.15, -0.1) is 0 Å². The number of sulfonamides is 1. The van der Waals surface area contributed by atoms with Gasteiger partial charge >= 0.3 is 0 Å². The fourth-order valence-electron chi connectivity index (χ4n) is 4.84. The molecule has 0 spiro atoms. The minimum Gasteiger partial charge on any atom is -0.384 e. The number of primary amides is 1. The SMILES string of the molecule is N=C(N)c1ccc(C[C@@H](NC(=O)[C@H](CC(N)=O)NS(=O)(=O)c2ccc3ccccc3c2)C(=O)N2CCCCC2)cc1. The molecule has 2 atom stereocenters. The number of hydrogen-bond acceptors (Lipinski definition) is 6. The largest absolute Gasteiger partial charge is 0.384 e. The number of likely N-dealkylation sites (tertiary alicyclic amines) is 1. The van der Waals surface area contributed by atoms with E-state index in [-0.39, 0.29) is 23.1 Å². The van der Waals surface area contributed by atoms with Crippen LogP contribution >= 0.6 is 0 Å². The Morgan fingerprint density at radius 3 is 2.17 bits per heavy atom. The third kappa shape index (κ3) is 7.68. The van der Waals surface area contributed by atoms with Crippen molar-refractivity contribution in [2.24, 2.45) is 11.5 Å². The van der Waals surface area contributed by atoms with E-state index < -0.39 is 40.3 Å². The Labute approximate surface area is 238 Å². The van der Waals surface area contributed by atoms with Gasteiger partial charge in [0.05, 0.1) is 11.3 Å². The lowest BCUT2D eigenvalue weighted by molar-refractivity contribution is -0.137. The summed E-state index contributed by atoms with van der Waals surface area (Å²) in [4.78, 5) is 40.4. The first-order valence-electron chi connectivity index (χ1n) is 13.4. The molecule has 3 amide bonds. The molecule has 12 heteroatoms. The molecule has 7 N–H and O–H groups in total. The van der Waals surface area contributed by atoms with Crippen molar-refractivity contribution in [3.8, 4) is 0 Å². The number of nitrogens with one attached hydrogen (secondary N) is 3. The van der Waals surface area contributed by atoms with E-state index in [1.807, 2.05) is 12.1 Å². The highest BCUT2D eigenvalue weighted by molar-refractivity contribution is 7.89. The first-order chi connectivity index (χ1) is 19.5. The molecule has 0 saturated carbocycles. The zero-order chi connectivity index (χ0) is 29.6. The van der Waals surface area contributed by atoms with Crippen molar-refractivity contribution in [2.75, 3.05) is 13.1 Å². The van der Waals surface area contributed by atoms with E-state index in [1.165, 1.54) is 12.1 Å². The van der Waals surface area contributed by atoms with Gasteiger partial charge in [0, 0.05) is 25.1 Å². The highest BCUT2D eigenvalue weighted by atomic mass is 32.2. The van der Waals surface area contributed by atoms with Gasteiger partial charge in [-0.2, -0.15) is 4.72 Å². The van der Waals surface area contributed by atoms with Crippen LogP contribution in [0.25, 0.3) is 10.8 Å². The van der Waals surface area contributed by atoms with Crippen LogP contribution in [0.2, 0.25) is 0 Å². The predicted octanol–water partition coefficient (Wildman–Crippen LogP) is 1.39. The molecule has 0 radical (unpaired) electrons. The van der Waals surface area contributed by atoms with Crippen molar-refractivity contribution in [3.63, 3.8) is 0 Å². The average Bonchev–Trinajstić information content (AvgIpc) is 2.96. The van der Waals surface area contributed by atoms with Crippen LogP contribution < -0.4 is 21.5 Å². The molecule has 1 fully saturated rings. The number of nitrogens with zero attached hydrogens (tertiary/aromatic N) is 1. The third-order valence-electron chi connectivity index (χ3n) is 7.04. The summed E-state index contributed by atoms with van der Waals surface area (Å²) in [6.07, 6.45) is 2.20. The van der Waals surface area contributed by atoms with Crippen molar-refractivity contribution in [1.82, 2.24) is 14.9 Å². The van der Waals surface area contributed by atoms with Crippen LogP contribution in [-0.2, 0) is 30.8 Å². The lowest BCUT2D eigenvalue weighted by atomic mass is 10.0. The Morgan fingerprint density at radius 1 is 0.878 bits per heavy atom. The average molecular weight is 579 g/mol. The number of carbonyl (C=O) groups is 3. The molecule has 0 aromatic heterocycles. The van der Waals surface area contributed by atoms with Gasteiger partial charge in [0.15, 0.2) is 0 Å². The van der Waals surface area contributed by atoms with Crippen LogP contribution in [0.1, 0.15) is 36.8 Å². The zero-order valence-corrected chi connectivity index (χ0v) is 23.3. The highest BCUT2D eigenvalue weighted by Crippen LogP contribution is 2.20. The maximum absolute atomic E-state index is 13.5. The first kappa shape index (κ1) is 29.7. The molecular weight excluding hydrogens is 544 g/mol. The molecule has 1 heterocycles. The van der Waals surface area contributed by atoms with Crippen molar-refractivity contribution in [2.45, 2.75) is 49.1 Å². The van der Waals surface area contributed by atoms with Crippen LogP contribution in [0, 0.1) is 5.41 Å². The highest BCUT2D eigenvalue weighted by Gasteiger charge is 2.33. The van der Waals surface area contributed by atoms with Gasteiger partial charge in [0.25, 0.3) is 0 Å². The minimum atomic E-state index is -4.24.